The number of benzene rings is 1. The van der Waals surface area contributed by atoms with Crippen LogP contribution in [0.25, 0.3) is 0 Å². The lowest BCUT2D eigenvalue weighted by molar-refractivity contribution is -0.121. The van der Waals surface area contributed by atoms with Gasteiger partial charge in [0.15, 0.2) is 0 Å². The standard InChI is InChI=1S/C12H13N3O3/c1-18-10-5-3-2-4-8(10)13-12(17)9-6-7-11(16)15-14-9/h2-5H,6-7H2,1H3,(H,13,17)(H,15,16). The molecule has 0 saturated carbocycles. The van der Waals surface area contributed by atoms with E-state index in [1.54, 1.807) is 18.2 Å². The summed E-state index contributed by atoms with van der Waals surface area (Å²) in [6, 6.07) is 7.09. The summed E-state index contributed by atoms with van der Waals surface area (Å²) in [5.41, 5.74) is 3.16. The average Bonchev–Trinajstić information content (AvgIpc) is 2.40. The predicted octanol–water partition coefficient (Wildman–Crippen LogP) is 0.900. The molecule has 1 aromatic carbocycles. The van der Waals surface area contributed by atoms with Gasteiger partial charge in [-0.05, 0) is 12.1 Å². The van der Waals surface area contributed by atoms with Crippen LogP contribution in [0.2, 0.25) is 0 Å². The summed E-state index contributed by atoms with van der Waals surface area (Å²) < 4.78 is 5.13. The molecule has 6 heteroatoms. The van der Waals surface area contributed by atoms with Crippen molar-refractivity contribution in [1.82, 2.24) is 5.43 Å². The van der Waals surface area contributed by atoms with Gasteiger partial charge in [0, 0.05) is 12.8 Å². The number of rotatable bonds is 3. The van der Waals surface area contributed by atoms with Gasteiger partial charge in [-0.3, -0.25) is 9.59 Å². The molecule has 2 N–H and O–H groups in total. The van der Waals surface area contributed by atoms with E-state index in [0.717, 1.165) is 0 Å². The first-order valence-electron chi connectivity index (χ1n) is 5.50. The zero-order valence-electron chi connectivity index (χ0n) is 9.90. The van der Waals surface area contributed by atoms with Crippen LogP contribution in [0.3, 0.4) is 0 Å². The molecule has 6 nitrogen and oxygen atoms in total. The van der Waals surface area contributed by atoms with Crippen LogP contribution in [-0.2, 0) is 9.59 Å². The molecule has 1 aromatic rings. The average molecular weight is 247 g/mol. The SMILES string of the molecule is COc1ccccc1NC(=O)C1=NNC(=O)CC1. The molecule has 1 aliphatic rings. The molecule has 0 aliphatic carbocycles. The Bertz CT molecular complexity index is 511. The van der Waals surface area contributed by atoms with Gasteiger partial charge >= 0.3 is 0 Å². The molecule has 0 saturated heterocycles. The summed E-state index contributed by atoms with van der Waals surface area (Å²) in [7, 11) is 1.53. The first kappa shape index (κ1) is 12.1. The minimum absolute atomic E-state index is 0.177. The fraction of sp³-hybridized carbons (Fsp3) is 0.250. The number of carbonyl (C=O) groups is 2. The molecule has 1 heterocycles. The van der Waals surface area contributed by atoms with E-state index in [-0.39, 0.29) is 18.2 Å². The quantitative estimate of drug-likeness (QED) is 0.832. The number of methoxy groups -OCH3 is 1. The van der Waals surface area contributed by atoms with Crippen LogP contribution in [-0.4, -0.2) is 24.6 Å². The van der Waals surface area contributed by atoms with Crippen molar-refractivity contribution in [2.45, 2.75) is 12.8 Å². The lowest BCUT2D eigenvalue weighted by atomic mass is 10.1. The molecule has 0 radical (unpaired) electrons. The van der Waals surface area contributed by atoms with Crippen LogP contribution >= 0.6 is 0 Å². The molecule has 2 amide bonds. The van der Waals surface area contributed by atoms with E-state index in [1.807, 2.05) is 6.07 Å². The zero-order chi connectivity index (χ0) is 13.0. The second-order valence-electron chi connectivity index (χ2n) is 3.75. The van der Waals surface area contributed by atoms with E-state index in [4.69, 9.17) is 4.74 Å². The van der Waals surface area contributed by atoms with Gasteiger partial charge in [0.05, 0.1) is 12.8 Å². The zero-order valence-corrected chi connectivity index (χ0v) is 9.90. The third kappa shape index (κ3) is 2.65. The molecule has 0 unspecified atom stereocenters. The minimum Gasteiger partial charge on any atom is -0.495 e. The Morgan fingerprint density at radius 3 is 2.83 bits per heavy atom. The maximum absolute atomic E-state index is 11.9. The summed E-state index contributed by atoms with van der Waals surface area (Å²) in [6.07, 6.45) is 0.616. The van der Waals surface area contributed by atoms with Gasteiger partial charge < -0.3 is 10.1 Å². The van der Waals surface area contributed by atoms with Gasteiger partial charge in [0.2, 0.25) is 5.91 Å². The summed E-state index contributed by atoms with van der Waals surface area (Å²) in [5.74, 6) is 0.0645. The Morgan fingerprint density at radius 1 is 1.39 bits per heavy atom. The van der Waals surface area contributed by atoms with E-state index in [9.17, 15) is 9.59 Å². The first-order valence-corrected chi connectivity index (χ1v) is 5.50. The molecule has 0 bridgehead atoms. The van der Waals surface area contributed by atoms with E-state index < -0.39 is 0 Å². The fourth-order valence-corrected chi connectivity index (χ4v) is 1.58. The van der Waals surface area contributed by atoms with Gasteiger partial charge in [-0.1, -0.05) is 12.1 Å². The Kier molecular flexibility index (Phi) is 3.57. The van der Waals surface area contributed by atoms with Crippen LogP contribution in [0.1, 0.15) is 12.8 Å². The molecule has 0 fully saturated rings. The van der Waals surface area contributed by atoms with E-state index in [1.165, 1.54) is 7.11 Å². The highest BCUT2D eigenvalue weighted by atomic mass is 16.5. The maximum atomic E-state index is 11.9. The molecule has 1 aliphatic heterocycles. The predicted molar refractivity (Wildman–Crippen MR) is 66.4 cm³/mol. The van der Waals surface area contributed by atoms with E-state index in [0.29, 0.717) is 23.6 Å². The van der Waals surface area contributed by atoms with Crippen LogP contribution < -0.4 is 15.5 Å². The number of hydrazone groups is 1. The number of para-hydroxylation sites is 2. The first-order chi connectivity index (χ1) is 8.70. The Labute approximate surface area is 104 Å². The Hall–Kier alpha value is -2.37. The van der Waals surface area contributed by atoms with E-state index in [2.05, 4.69) is 15.8 Å². The van der Waals surface area contributed by atoms with Gasteiger partial charge in [0.1, 0.15) is 11.5 Å². The summed E-state index contributed by atoms with van der Waals surface area (Å²) >= 11 is 0. The Morgan fingerprint density at radius 2 is 2.17 bits per heavy atom. The Balaban J connectivity index is 2.09. The topological polar surface area (TPSA) is 79.8 Å². The number of anilines is 1. The number of carbonyl (C=O) groups excluding carboxylic acids is 2. The van der Waals surface area contributed by atoms with Gasteiger partial charge in [-0.25, -0.2) is 5.43 Å². The van der Waals surface area contributed by atoms with Crippen molar-refractivity contribution >= 4 is 23.2 Å². The van der Waals surface area contributed by atoms with Crippen LogP contribution in [0.4, 0.5) is 5.69 Å². The fourth-order valence-electron chi connectivity index (χ4n) is 1.58. The maximum Gasteiger partial charge on any atom is 0.271 e. The number of amides is 2. The normalized spacial score (nSPS) is 14.5. The highest BCUT2D eigenvalue weighted by molar-refractivity contribution is 6.43. The van der Waals surface area contributed by atoms with Crippen molar-refractivity contribution in [3.05, 3.63) is 24.3 Å². The van der Waals surface area contributed by atoms with Crippen molar-refractivity contribution in [3.63, 3.8) is 0 Å². The molecule has 0 spiro atoms. The number of nitrogens with one attached hydrogen (secondary N) is 2. The molecule has 0 aromatic heterocycles. The second-order valence-corrected chi connectivity index (χ2v) is 3.75. The summed E-state index contributed by atoms with van der Waals surface area (Å²) in [6.45, 7) is 0. The van der Waals surface area contributed by atoms with Crippen molar-refractivity contribution in [2.75, 3.05) is 12.4 Å². The summed E-state index contributed by atoms with van der Waals surface area (Å²) in [5, 5.41) is 6.43. The third-order valence-electron chi connectivity index (χ3n) is 2.52. The highest BCUT2D eigenvalue weighted by Gasteiger charge is 2.19. The van der Waals surface area contributed by atoms with Gasteiger partial charge in [-0.2, -0.15) is 5.10 Å². The molecular formula is C12H13N3O3. The van der Waals surface area contributed by atoms with Crippen LogP contribution in [0.5, 0.6) is 5.75 Å². The monoisotopic (exact) mass is 247 g/mol. The van der Waals surface area contributed by atoms with Crippen LogP contribution in [0.15, 0.2) is 29.4 Å². The molecule has 18 heavy (non-hydrogen) atoms. The van der Waals surface area contributed by atoms with Crippen molar-refractivity contribution in [2.24, 2.45) is 5.10 Å². The van der Waals surface area contributed by atoms with Crippen LogP contribution in [0, 0.1) is 0 Å². The second kappa shape index (κ2) is 5.31. The smallest absolute Gasteiger partial charge is 0.271 e. The number of hydrogen-bond donors (Lipinski definition) is 2. The number of ether oxygens (including phenoxy) is 1. The van der Waals surface area contributed by atoms with E-state index >= 15 is 0 Å². The lowest BCUT2D eigenvalue weighted by Crippen LogP contribution is -2.32. The summed E-state index contributed by atoms with van der Waals surface area (Å²) in [4.78, 5) is 22.8. The molecular weight excluding hydrogens is 234 g/mol. The van der Waals surface area contributed by atoms with Gasteiger partial charge in [-0.15, -0.1) is 0 Å². The van der Waals surface area contributed by atoms with Crippen molar-refractivity contribution in [1.29, 1.82) is 0 Å². The number of nitrogens with zero attached hydrogens (tertiary/aromatic N) is 1. The van der Waals surface area contributed by atoms with Crippen molar-refractivity contribution in [3.8, 4) is 5.75 Å². The molecule has 94 valence electrons. The van der Waals surface area contributed by atoms with Crippen molar-refractivity contribution < 1.29 is 14.3 Å². The lowest BCUT2D eigenvalue weighted by Gasteiger charge is -2.13. The van der Waals surface area contributed by atoms with Gasteiger partial charge in [0.25, 0.3) is 5.91 Å². The molecule has 2 rings (SSSR count). The molecule has 0 atom stereocenters. The minimum atomic E-state index is -0.334. The largest absolute Gasteiger partial charge is 0.495 e. The third-order valence-corrected chi connectivity index (χ3v) is 2.52. The highest BCUT2D eigenvalue weighted by Crippen LogP contribution is 2.23. The number of hydrogen-bond acceptors (Lipinski definition) is 4.